The third-order valence-corrected chi connectivity index (χ3v) is 5.39. The van der Waals surface area contributed by atoms with Crippen LogP contribution in [0.4, 0.5) is 0 Å². The molecule has 0 unspecified atom stereocenters. The lowest BCUT2D eigenvalue weighted by atomic mass is 10.1. The van der Waals surface area contributed by atoms with Crippen molar-refractivity contribution in [3.63, 3.8) is 0 Å². The summed E-state index contributed by atoms with van der Waals surface area (Å²) in [6, 6.07) is 4.93. The number of carbonyl (C=O) groups excluding carboxylic acids is 2. The Bertz CT molecular complexity index is 647. The Balaban J connectivity index is 1.56. The zero-order valence-electron chi connectivity index (χ0n) is 13.4. The Labute approximate surface area is 151 Å². The highest BCUT2D eigenvalue weighted by Crippen LogP contribution is 2.50. The van der Waals surface area contributed by atoms with E-state index in [1.54, 1.807) is 17.9 Å². The molecule has 1 N–H and O–H groups in total. The van der Waals surface area contributed by atoms with Crippen molar-refractivity contribution in [3.8, 4) is 0 Å². The predicted octanol–water partition coefficient (Wildman–Crippen LogP) is 2.46. The molecule has 0 bridgehead atoms. The molecule has 5 nitrogen and oxygen atoms in total. The van der Waals surface area contributed by atoms with Gasteiger partial charge in [0, 0.05) is 19.0 Å². The Kier molecular flexibility index (Phi) is 5.33. The highest BCUT2D eigenvalue weighted by Gasteiger charge is 2.45. The monoisotopic (exact) mass is 370 g/mol. The molecule has 24 heavy (non-hydrogen) atoms. The molecule has 0 aromatic heterocycles. The van der Waals surface area contributed by atoms with Gasteiger partial charge in [0.05, 0.1) is 23.3 Å². The van der Waals surface area contributed by atoms with Crippen LogP contribution in [0, 0.1) is 5.92 Å². The minimum absolute atomic E-state index is 0.0652. The molecule has 2 aliphatic rings. The van der Waals surface area contributed by atoms with E-state index >= 15 is 0 Å². The number of rotatable bonds is 4. The topological polar surface area (TPSA) is 58.6 Å². The van der Waals surface area contributed by atoms with Crippen molar-refractivity contribution in [2.24, 2.45) is 5.92 Å². The molecule has 3 rings (SSSR count). The third-order valence-electron chi connectivity index (χ3n) is 4.56. The van der Waals surface area contributed by atoms with Gasteiger partial charge in [-0.1, -0.05) is 35.3 Å². The van der Waals surface area contributed by atoms with E-state index in [0.29, 0.717) is 36.3 Å². The lowest BCUT2D eigenvalue weighted by molar-refractivity contribution is -0.139. The van der Waals surface area contributed by atoms with Gasteiger partial charge in [-0.15, -0.1) is 0 Å². The fourth-order valence-electron chi connectivity index (χ4n) is 3.08. The van der Waals surface area contributed by atoms with Gasteiger partial charge in [-0.3, -0.25) is 9.59 Å². The van der Waals surface area contributed by atoms with Crippen LogP contribution in [0.5, 0.6) is 0 Å². The Hall–Kier alpha value is -1.30. The number of carbonyl (C=O) groups is 2. The summed E-state index contributed by atoms with van der Waals surface area (Å²) in [4.78, 5) is 26.5. The van der Waals surface area contributed by atoms with Crippen LogP contribution in [0.1, 0.15) is 24.8 Å². The van der Waals surface area contributed by atoms with Gasteiger partial charge in [-0.2, -0.15) is 0 Å². The molecular formula is C17H20Cl2N2O3. The van der Waals surface area contributed by atoms with Gasteiger partial charge in [-0.25, -0.2) is 0 Å². The average molecular weight is 371 g/mol. The molecule has 7 heteroatoms. The molecular weight excluding hydrogens is 351 g/mol. The van der Waals surface area contributed by atoms with Crippen LogP contribution in [0.25, 0.3) is 0 Å². The van der Waals surface area contributed by atoms with E-state index in [9.17, 15) is 9.59 Å². The molecule has 1 aromatic rings. The van der Waals surface area contributed by atoms with Crippen molar-refractivity contribution in [1.29, 1.82) is 0 Å². The number of halogens is 2. The van der Waals surface area contributed by atoms with Gasteiger partial charge < -0.3 is 15.0 Å². The molecule has 3 atom stereocenters. The summed E-state index contributed by atoms with van der Waals surface area (Å²) in [5.74, 6) is -0.252. The number of nitrogens with one attached hydrogen (secondary N) is 1. The summed E-state index contributed by atoms with van der Waals surface area (Å²) in [7, 11) is 0. The number of morpholine rings is 1. The van der Waals surface area contributed by atoms with E-state index in [4.69, 9.17) is 27.9 Å². The van der Waals surface area contributed by atoms with Crippen molar-refractivity contribution < 1.29 is 14.3 Å². The van der Waals surface area contributed by atoms with Crippen molar-refractivity contribution in [3.05, 3.63) is 33.8 Å². The molecule has 1 saturated heterocycles. The van der Waals surface area contributed by atoms with Crippen LogP contribution < -0.4 is 5.32 Å². The fraction of sp³-hybridized carbons (Fsp3) is 0.529. The first kappa shape index (κ1) is 17.5. The maximum atomic E-state index is 12.4. The Morgan fingerprint density at radius 3 is 2.71 bits per heavy atom. The molecule has 1 aliphatic heterocycles. The fourth-order valence-corrected chi connectivity index (χ4v) is 3.52. The van der Waals surface area contributed by atoms with Crippen molar-refractivity contribution in [2.45, 2.75) is 25.3 Å². The number of hydrogen-bond acceptors (Lipinski definition) is 3. The second-order valence-corrected chi connectivity index (χ2v) is 7.04. The first-order valence-corrected chi connectivity index (χ1v) is 8.85. The van der Waals surface area contributed by atoms with Gasteiger partial charge in [0.15, 0.2) is 0 Å². The van der Waals surface area contributed by atoms with Gasteiger partial charge >= 0.3 is 0 Å². The smallest absolute Gasteiger partial charge is 0.245 e. The van der Waals surface area contributed by atoms with E-state index < -0.39 is 6.04 Å². The van der Waals surface area contributed by atoms with Crippen LogP contribution in [0.3, 0.4) is 0 Å². The maximum Gasteiger partial charge on any atom is 0.245 e. The molecule has 2 fully saturated rings. The summed E-state index contributed by atoms with van der Waals surface area (Å²) in [5.41, 5.74) is 0.900. The van der Waals surface area contributed by atoms with E-state index in [-0.39, 0.29) is 23.7 Å². The average Bonchev–Trinajstić information content (AvgIpc) is 3.38. The summed E-state index contributed by atoms with van der Waals surface area (Å²) in [6.07, 6.45) is 0.727. The normalized spacial score (nSPS) is 24.4. The molecule has 0 spiro atoms. The summed E-state index contributed by atoms with van der Waals surface area (Å²) >= 11 is 12.3. The minimum atomic E-state index is -0.535. The molecule has 0 radical (unpaired) electrons. The second-order valence-electron chi connectivity index (χ2n) is 6.26. The molecule has 1 aromatic carbocycles. The highest BCUT2D eigenvalue weighted by atomic mass is 35.5. The first-order chi connectivity index (χ1) is 11.5. The summed E-state index contributed by atoms with van der Waals surface area (Å²) < 4.78 is 5.24. The largest absolute Gasteiger partial charge is 0.378 e. The van der Waals surface area contributed by atoms with E-state index in [1.807, 2.05) is 12.1 Å². The summed E-state index contributed by atoms with van der Waals surface area (Å²) in [5, 5.41) is 3.83. The minimum Gasteiger partial charge on any atom is -0.378 e. The van der Waals surface area contributed by atoms with Crippen LogP contribution in [0.15, 0.2) is 18.2 Å². The molecule has 1 heterocycles. The number of ether oxygens (including phenoxy) is 1. The molecule has 130 valence electrons. The SMILES string of the molecule is C[C@H](NC(=O)[C@@H]1C[C@@H]1c1cccc(Cl)c1Cl)C(=O)N1CCOCC1. The maximum absolute atomic E-state index is 12.4. The standard InChI is InChI=1S/C17H20Cl2N2O3/c1-10(17(23)21-5-7-24-8-6-21)20-16(22)13-9-12(13)11-3-2-4-14(18)15(11)19/h2-4,10,12-13H,5-9H2,1H3,(H,20,22)/t10-,12+,13+/m0/s1. The lowest BCUT2D eigenvalue weighted by Gasteiger charge is -2.29. The van der Waals surface area contributed by atoms with E-state index in [2.05, 4.69) is 5.32 Å². The second kappa shape index (κ2) is 7.30. The molecule has 1 aliphatic carbocycles. The Morgan fingerprint density at radius 2 is 2.00 bits per heavy atom. The van der Waals surface area contributed by atoms with Crippen molar-refractivity contribution in [1.82, 2.24) is 10.2 Å². The zero-order valence-corrected chi connectivity index (χ0v) is 14.9. The van der Waals surface area contributed by atoms with Crippen LogP contribution in [-0.2, 0) is 14.3 Å². The number of amides is 2. The lowest BCUT2D eigenvalue weighted by Crippen LogP contribution is -2.50. The van der Waals surface area contributed by atoms with Gasteiger partial charge in [0.2, 0.25) is 11.8 Å². The number of nitrogens with zero attached hydrogens (tertiary/aromatic N) is 1. The first-order valence-electron chi connectivity index (χ1n) is 8.10. The third kappa shape index (κ3) is 3.68. The van der Waals surface area contributed by atoms with Gasteiger partial charge in [-0.05, 0) is 30.9 Å². The Morgan fingerprint density at radius 1 is 1.29 bits per heavy atom. The van der Waals surface area contributed by atoms with Crippen LogP contribution >= 0.6 is 23.2 Å². The van der Waals surface area contributed by atoms with Gasteiger partial charge in [0.1, 0.15) is 6.04 Å². The number of hydrogen-bond donors (Lipinski definition) is 1. The molecule has 1 saturated carbocycles. The van der Waals surface area contributed by atoms with Crippen molar-refractivity contribution >= 4 is 35.0 Å². The van der Waals surface area contributed by atoms with E-state index in [1.165, 1.54) is 0 Å². The molecule has 2 amide bonds. The van der Waals surface area contributed by atoms with E-state index in [0.717, 1.165) is 12.0 Å². The quantitative estimate of drug-likeness (QED) is 0.885. The van der Waals surface area contributed by atoms with Crippen molar-refractivity contribution in [2.75, 3.05) is 26.3 Å². The van der Waals surface area contributed by atoms with Gasteiger partial charge in [0.25, 0.3) is 0 Å². The predicted molar refractivity (Wildman–Crippen MR) is 92.3 cm³/mol. The number of benzene rings is 1. The zero-order chi connectivity index (χ0) is 17.3. The highest BCUT2D eigenvalue weighted by molar-refractivity contribution is 6.42. The van der Waals surface area contributed by atoms with Crippen LogP contribution in [0.2, 0.25) is 10.0 Å². The van der Waals surface area contributed by atoms with Crippen LogP contribution in [-0.4, -0.2) is 49.1 Å². The summed E-state index contributed by atoms with van der Waals surface area (Å²) in [6.45, 7) is 3.96.